The molecule has 4 rings (SSSR count). The Kier molecular flexibility index (Phi) is 6.67. The predicted octanol–water partition coefficient (Wildman–Crippen LogP) is 5.20. The van der Waals surface area contributed by atoms with Crippen LogP contribution in [0.2, 0.25) is 0 Å². The van der Waals surface area contributed by atoms with Gasteiger partial charge in [-0.25, -0.2) is 9.79 Å². The molecule has 7 heteroatoms. The molecule has 32 heavy (non-hydrogen) atoms. The maximum atomic E-state index is 12.3. The minimum atomic E-state index is -0.530. The van der Waals surface area contributed by atoms with Gasteiger partial charge in [-0.2, -0.15) is 0 Å². The SMILES string of the molecule is COCCN(C)C1=Nc2ccccc2Oc2ccc(NC(=O)OCc3ccccc3)cc21. The van der Waals surface area contributed by atoms with E-state index in [4.69, 9.17) is 19.2 Å². The Labute approximate surface area is 187 Å². The summed E-state index contributed by atoms with van der Waals surface area (Å²) in [6.07, 6.45) is -0.530. The van der Waals surface area contributed by atoms with E-state index in [1.165, 1.54) is 0 Å². The molecule has 1 heterocycles. The molecule has 0 fully saturated rings. The summed E-state index contributed by atoms with van der Waals surface area (Å²) < 4.78 is 16.7. The summed E-state index contributed by atoms with van der Waals surface area (Å²) in [7, 11) is 3.61. The maximum Gasteiger partial charge on any atom is 0.411 e. The molecule has 0 aromatic heterocycles. The number of amides is 1. The van der Waals surface area contributed by atoms with Crippen LogP contribution in [0.15, 0.2) is 77.8 Å². The highest BCUT2D eigenvalue weighted by Gasteiger charge is 2.22. The van der Waals surface area contributed by atoms with Gasteiger partial charge in [0.25, 0.3) is 0 Å². The van der Waals surface area contributed by atoms with Gasteiger partial charge in [0, 0.05) is 26.4 Å². The molecule has 0 atom stereocenters. The van der Waals surface area contributed by atoms with Gasteiger partial charge in [0.2, 0.25) is 0 Å². The third-order valence-electron chi connectivity index (χ3n) is 4.98. The first-order chi connectivity index (χ1) is 15.6. The number of amidine groups is 1. The number of rotatable bonds is 6. The number of likely N-dealkylation sites (N-methyl/N-ethyl adjacent to an activating group) is 1. The van der Waals surface area contributed by atoms with Crippen molar-refractivity contribution in [2.75, 3.05) is 32.6 Å². The van der Waals surface area contributed by atoms with Crippen molar-refractivity contribution in [3.05, 3.63) is 83.9 Å². The zero-order chi connectivity index (χ0) is 22.3. The first-order valence-corrected chi connectivity index (χ1v) is 10.3. The molecule has 1 aliphatic rings. The summed E-state index contributed by atoms with van der Waals surface area (Å²) in [5, 5.41) is 2.79. The Bertz CT molecular complexity index is 1120. The molecule has 1 aliphatic heterocycles. The molecule has 0 aliphatic carbocycles. The van der Waals surface area contributed by atoms with Crippen molar-refractivity contribution in [1.82, 2.24) is 4.90 Å². The Morgan fingerprint density at radius 3 is 2.62 bits per heavy atom. The Hall–Kier alpha value is -3.84. The van der Waals surface area contributed by atoms with Gasteiger partial charge in [-0.15, -0.1) is 0 Å². The van der Waals surface area contributed by atoms with Crippen LogP contribution in [0.1, 0.15) is 11.1 Å². The Morgan fingerprint density at radius 1 is 1.03 bits per heavy atom. The summed E-state index contributed by atoms with van der Waals surface area (Å²) in [4.78, 5) is 19.2. The minimum Gasteiger partial charge on any atom is -0.454 e. The van der Waals surface area contributed by atoms with Gasteiger partial charge in [-0.05, 0) is 35.9 Å². The fourth-order valence-corrected chi connectivity index (χ4v) is 3.30. The summed E-state index contributed by atoms with van der Waals surface area (Å²) in [5.41, 5.74) is 3.01. The summed E-state index contributed by atoms with van der Waals surface area (Å²) in [5.74, 6) is 2.05. The topological polar surface area (TPSA) is 72.4 Å². The summed E-state index contributed by atoms with van der Waals surface area (Å²) >= 11 is 0. The Morgan fingerprint density at radius 2 is 1.81 bits per heavy atom. The monoisotopic (exact) mass is 431 g/mol. The van der Waals surface area contributed by atoms with Crippen LogP contribution in [0.5, 0.6) is 11.5 Å². The van der Waals surface area contributed by atoms with Crippen molar-refractivity contribution in [1.29, 1.82) is 0 Å². The smallest absolute Gasteiger partial charge is 0.411 e. The number of aliphatic imine (C=N–C) groups is 1. The molecular formula is C25H25N3O4. The molecule has 0 spiro atoms. The van der Waals surface area contributed by atoms with Gasteiger partial charge in [-0.1, -0.05) is 42.5 Å². The zero-order valence-corrected chi connectivity index (χ0v) is 18.1. The molecule has 7 nitrogen and oxygen atoms in total. The van der Waals surface area contributed by atoms with Gasteiger partial charge in [-0.3, -0.25) is 5.32 Å². The van der Waals surface area contributed by atoms with Crippen LogP contribution >= 0.6 is 0 Å². The van der Waals surface area contributed by atoms with Crippen molar-refractivity contribution >= 4 is 23.3 Å². The first-order valence-electron chi connectivity index (χ1n) is 10.3. The number of ether oxygens (including phenoxy) is 3. The maximum absolute atomic E-state index is 12.3. The lowest BCUT2D eigenvalue weighted by atomic mass is 10.1. The molecule has 0 saturated carbocycles. The van der Waals surface area contributed by atoms with E-state index < -0.39 is 6.09 Å². The predicted molar refractivity (Wildman–Crippen MR) is 124 cm³/mol. The fourth-order valence-electron chi connectivity index (χ4n) is 3.30. The number of methoxy groups -OCH3 is 1. The van der Waals surface area contributed by atoms with Crippen molar-refractivity contribution in [3.8, 4) is 11.5 Å². The van der Waals surface area contributed by atoms with E-state index in [-0.39, 0.29) is 6.61 Å². The van der Waals surface area contributed by atoms with E-state index in [0.29, 0.717) is 30.3 Å². The van der Waals surface area contributed by atoms with Crippen LogP contribution in [-0.2, 0) is 16.1 Å². The standard InChI is InChI=1S/C25H25N3O4/c1-28(14-15-30-2)24-20-16-19(26-25(29)31-17-18-8-4-3-5-9-18)12-13-22(20)32-23-11-7-6-10-21(23)27-24/h3-13,16H,14-15,17H2,1-2H3,(H,26,29). The molecular weight excluding hydrogens is 406 g/mol. The van der Waals surface area contributed by atoms with Crippen molar-refractivity contribution < 1.29 is 19.0 Å². The van der Waals surface area contributed by atoms with Crippen LogP contribution in [0.25, 0.3) is 0 Å². The number of carbonyl (C=O) groups excluding carboxylic acids is 1. The Balaban J connectivity index is 1.57. The van der Waals surface area contributed by atoms with E-state index in [0.717, 1.165) is 22.6 Å². The van der Waals surface area contributed by atoms with Gasteiger partial charge in [0.1, 0.15) is 23.9 Å². The van der Waals surface area contributed by atoms with Gasteiger partial charge in [0.15, 0.2) is 5.75 Å². The quantitative estimate of drug-likeness (QED) is 0.581. The summed E-state index contributed by atoms with van der Waals surface area (Å²) in [6, 6.07) is 22.6. The van der Waals surface area contributed by atoms with Crippen molar-refractivity contribution in [3.63, 3.8) is 0 Å². The average Bonchev–Trinajstić information content (AvgIpc) is 2.98. The first kappa shape index (κ1) is 21.4. The highest BCUT2D eigenvalue weighted by Crippen LogP contribution is 2.38. The third-order valence-corrected chi connectivity index (χ3v) is 4.98. The second-order valence-corrected chi connectivity index (χ2v) is 7.32. The van der Waals surface area contributed by atoms with E-state index in [2.05, 4.69) is 5.32 Å². The molecule has 0 bridgehead atoms. The average molecular weight is 431 g/mol. The zero-order valence-electron chi connectivity index (χ0n) is 18.1. The lowest BCUT2D eigenvalue weighted by Gasteiger charge is -2.22. The van der Waals surface area contributed by atoms with Gasteiger partial charge in [0.05, 0.1) is 12.2 Å². The van der Waals surface area contributed by atoms with Crippen molar-refractivity contribution in [2.24, 2.45) is 4.99 Å². The van der Waals surface area contributed by atoms with E-state index >= 15 is 0 Å². The largest absolute Gasteiger partial charge is 0.454 e. The normalized spacial score (nSPS) is 11.9. The third kappa shape index (κ3) is 5.07. The lowest BCUT2D eigenvalue weighted by Crippen LogP contribution is -2.30. The van der Waals surface area contributed by atoms with Crippen LogP contribution in [0, 0.1) is 0 Å². The number of nitrogens with zero attached hydrogens (tertiary/aromatic N) is 2. The molecule has 3 aromatic rings. The lowest BCUT2D eigenvalue weighted by molar-refractivity contribution is 0.155. The summed E-state index contributed by atoms with van der Waals surface area (Å²) in [6.45, 7) is 1.40. The number of hydrogen-bond acceptors (Lipinski definition) is 6. The second kappa shape index (κ2) is 9.98. The highest BCUT2D eigenvalue weighted by atomic mass is 16.5. The molecule has 0 saturated heterocycles. The molecule has 0 radical (unpaired) electrons. The number of nitrogens with one attached hydrogen (secondary N) is 1. The van der Waals surface area contributed by atoms with Crippen LogP contribution < -0.4 is 10.1 Å². The molecule has 1 amide bonds. The van der Waals surface area contributed by atoms with E-state index in [9.17, 15) is 4.79 Å². The number of carbonyl (C=O) groups is 1. The van der Waals surface area contributed by atoms with Crippen LogP contribution in [0.4, 0.5) is 16.2 Å². The number of benzene rings is 3. The van der Waals surface area contributed by atoms with Crippen LogP contribution in [-0.4, -0.2) is 44.1 Å². The second-order valence-electron chi connectivity index (χ2n) is 7.32. The minimum absolute atomic E-state index is 0.197. The number of para-hydroxylation sites is 2. The highest BCUT2D eigenvalue weighted by molar-refractivity contribution is 6.04. The molecule has 164 valence electrons. The number of fused-ring (bicyclic) bond motifs is 2. The molecule has 1 N–H and O–H groups in total. The van der Waals surface area contributed by atoms with E-state index in [1.807, 2.05) is 78.7 Å². The molecule has 3 aromatic carbocycles. The van der Waals surface area contributed by atoms with Crippen LogP contribution in [0.3, 0.4) is 0 Å². The number of anilines is 1. The fraction of sp³-hybridized carbons (Fsp3) is 0.200. The molecule has 0 unspecified atom stereocenters. The van der Waals surface area contributed by atoms with Crippen molar-refractivity contribution in [2.45, 2.75) is 6.61 Å². The van der Waals surface area contributed by atoms with Gasteiger partial charge >= 0.3 is 6.09 Å². The number of hydrogen-bond donors (Lipinski definition) is 1. The van der Waals surface area contributed by atoms with E-state index in [1.54, 1.807) is 13.2 Å². The van der Waals surface area contributed by atoms with Gasteiger partial charge < -0.3 is 19.1 Å².